The minimum absolute atomic E-state index is 0.718. The Morgan fingerprint density at radius 3 is 2.63 bits per heavy atom. The average Bonchev–Trinajstić information content (AvgIpc) is 2.88. The topological polar surface area (TPSA) is 27.6 Å². The zero-order valence-electron chi connectivity index (χ0n) is 12.7. The molecule has 1 N–H and O–H groups in total. The maximum atomic E-state index is 4.69. The first-order valence-electron chi connectivity index (χ1n) is 7.86. The number of aliphatic imine (C=N–C) groups is 1. The van der Waals surface area contributed by atoms with Crippen LogP contribution in [0.5, 0.6) is 0 Å². The van der Waals surface area contributed by atoms with Crippen LogP contribution in [-0.2, 0) is 0 Å². The van der Waals surface area contributed by atoms with Crippen molar-refractivity contribution in [2.45, 2.75) is 44.8 Å². The van der Waals surface area contributed by atoms with Crippen LogP contribution in [0.25, 0.3) is 0 Å². The lowest BCUT2D eigenvalue weighted by atomic mass is 9.97. The van der Waals surface area contributed by atoms with E-state index in [-0.39, 0.29) is 0 Å². The maximum absolute atomic E-state index is 4.69. The fraction of sp³-hybridized carbons (Fsp3) is 0.933. The first-order chi connectivity index (χ1) is 9.22. The quantitative estimate of drug-likeness (QED) is 0.841. The van der Waals surface area contributed by atoms with Crippen LogP contribution in [0.1, 0.15) is 39.5 Å². The largest absolute Gasteiger partial charge is 0.365 e. The van der Waals surface area contributed by atoms with Gasteiger partial charge >= 0.3 is 0 Å². The Hall–Kier alpha value is -0.220. The predicted molar refractivity (Wildman–Crippen MR) is 86.0 cm³/mol. The van der Waals surface area contributed by atoms with E-state index in [1.54, 1.807) is 0 Å². The molecule has 0 saturated carbocycles. The molecule has 0 aromatic heterocycles. The summed E-state index contributed by atoms with van der Waals surface area (Å²) in [5, 5.41) is 5.52. The van der Waals surface area contributed by atoms with E-state index in [1.807, 2.05) is 11.8 Å². The molecule has 110 valence electrons. The summed E-state index contributed by atoms with van der Waals surface area (Å²) >= 11 is 1.99. The Balaban J connectivity index is 1.67. The molecule has 0 aromatic rings. The van der Waals surface area contributed by atoms with Gasteiger partial charge in [-0.15, -0.1) is 0 Å². The molecule has 0 bridgehead atoms. The molecule has 0 aromatic carbocycles. The predicted octanol–water partition coefficient (Wildman–Crippen LogP) is 2.83. The number of piperidine rings is 1. The van der Waals surface area contributed by atoms with Gasteiger partial charge in [0.05, 0.1) is 6.54 Å². The Morgan fingerprint density at radius 1 is 1.32 bits per heavy atom. The molecule has 0 amide bonds. The molecule has 19 heavy (non-hydrogen) atoms. The zero-order valence-corrected chi connectivity index (χ0v) is 13.5. The van der Waals surface area contributed by atoms with Gasteiger partial charge < -0.3 is 10.2 Å². The van der Waals surface area contributed by atoms with E-state index < -0.39 is 0 Å². The summed E-state index contributed by atoms with van der Waals surface area (Å²) in [5.74, 6) is 1.67. The van der Waals surface area contributed by atoms with E-state index in [2.05, 4.69) is 31.1 Å². The van der Waals surface area contributed by atoms with Crippen LogP contribution in [0, 0.1) is 11.8 Å². The van der Waals surface area contributed by atoms with Gasteiger partial charge in [0.1, 0.15) is 0 Å². The van der Waals surface area contributed by atoms with E-state index in [1.165, 1.54) is 43.9 Å². The third-order valence-corrected chi connectivity index (χ3v) is 5.97. The highest BCUT2D eigenvalue weighted by Crippen LogP contribution is 2.30. The van der Waals surface area contributed by atoms with Crippen molar-refractivity contribution in [3.63, 3.8) is 0 Å². The van der Waals surface area contributed by atoms with Crippen LogP contribution in [0.15, 0.2) is 4.99 Å². The summed E-state index contributed by atoms with van der Waals surface area (Å²) in [6.07, 6.45) is 5.23. The minimum Gasteiger partial charge on any atom is -0.365 e. The molecule has 4 heteroatoms. The Bertz CT molecular complexity index is 294. The minimum atomic E-state index is 0.718. The van der Waals surface area contributed by atoms with Crippen molar-refractivity contribution in [3.8, 4) is 0 Å². The van der Waals surface area contributed by atoms with E-state index in [0.29, 0.717) is 0 Å². The number of likely N-dealkylation sites (tertiary alicyclic amines) is 1. The van der Waals surface area contributed by atoms with E-state index in [9.17, 15) is 0 Å². The molecule has 0 spiro atoms. The molecule has 0 radical (unpaired) electrons. The third kappa shape index (κ3) is 4.38. The summed E-state index contributed by atoms with van der Waals surface area (Å²) in [6.45, 7) is 9.25. The molecular formula is C15H29N3S. The van der Waals surface area contributed by atoms with Crippen molar-refractivity contribution in [3.05, 3.63) is 0 Å². The van der Waals surface area contributed by atoms with Gasteiger partial charge in [0, 0.05) is 11.8 Å². The molecule has 2 heterocycles. The second kappa shape index (κ2) is 7.53. The Morgan fingerprint density at radius 2 is 2.00 bits per heavy atom. The van der Waals surface area contributed by atoms with E-state index in [4.69, 9.17) is 4.99 Å². The third-order valence-electron chi connectivity index (χ3n) is 4.63. The number of nitrogens with zero attached hydrogens (tertiary/aromatic N) is 2. The van der Waals surface area contributed by atoms with Crippen LogP contribution in [0.2, 0.25) is 0 Å². The monoisotopic (exact) mass is 283 g/mol. The van der Waals surface area contributed by atoms with Crippen LogP contribution in [0.4, 0.5) is 0 Å². The van der Waals surface area contributed by atoms with Crippen molar-refractivity contribution < 1.29 is 0 Å². The van der Waals surface area contributed by atoms with Gasteiger partial charge in [-0.3, -0.25) is 4.99 Å². The normalized spacial score (nSPS) is 25.9. The van der Waals surface area contributed by atoms with E-state index >= 15 is 0 Å². The molecule has 2 rings (SSSR count). The summed E-state index contributed by atoms with van der Waals surface area (Å²) in [7, 11) is 2.22. The van der Waals surface area contributed by atoms with Crippen molar-refractivity contribution in [2.75, 3.05) is 33.2 Å². The van der Waals surface area contributed by atoms with Gasteiger partial charge in [-0.1, -0.05) is 38.5 Å². The Labute approximate surface area is 122 Å². The molecular weight excluding hydrogens is 254 g/mol. The molecule has 1 saturated heterocycles. The molecule has 1 unspecified atom stereocenters. The number of nitrogens with one attached hydrogen (secondary N) is 1. The average molecular weight is 283 g/mol. The van der Waals surface area contributed by atoms with Gasteiger partial charge in [-0.05, 0) is 44.8 Å². The van der Waals surface area contributed by atoms with Gasteiger partial charge in [-0.25, -0.2) is 0 Å². The lowest BCUT2D eigenvalue weighted by molar-refractivity contribution is 0.220. The summed E-state index contributed by atoms with van der Waals surface area (Å²) < 4.78 is 0. The number of hydrogen-bond acceptors (Lipinski definition) is 4. The van der Waals surface area contributed by atoms with Gasteiger partial charge in [0.15, 0.2) is 5.17 Å². The van der Waals surface area contributed by atoms with Crippen LogP contribution in [0.3, 0.4) is 0 Å². The highest BCUT2D eigenvalue weighted by atomic mass is 32.2. The zero-order chi connectivity index (χ0) is 13.7. The van der Waals surface area contributed by atoms with Crippen molar-refractivity contribution in [2.24, 2.45) is 16.8 Å². The first-order valence-corrected chi connectivity index (χ1v) is 8.74. The standard InChI is InChI=1S/C15H29N3S/c1-4-13(5-2)14-11-17-15(19-14)16-10-12-6-8-18(3)9-7-12/h12-14H,4-11H2,1-3H3,(H,16,17). The fourth-order valence-corrected chi connectivity index (χ4v) is 4.37. The smallest absolute Gasteiger partial charge is 0.156 e. The second-order valence-corrected chi connectivity index (χ2v) is 7.23. The number of rotatable bonds is 5. The SMILES string of the molecule is CCC(CC)C1CN=C(NCC2CCN(C)CC2)S1. The lowest BCUT2D eigenvalue weighted by Crippen LogP contribution is -2.36. The van der Waals surface area contributed by atoms with Gasteiger partial charge in [0.25, 0.3) is 0 Å². The number of amidine groups is 1. The second-order valence-electron chi connectivity index (χ2n) is 6.01. The summed E-state index contributed by atoms with van der Waals surface area (Å²) in [6, 6.07) is 0. The molecule has 0 aliphatic carbocycles. The fourth-order valence-electron chi connectivity index (χ4n) is 3.05. The molecule has 1 atom stereocenters. The van der Waals surface area contributed by atoms with Gasteiger partial charge in [-0.2, -0.15) is 0 Å². The lowest BCUT2D eigenvalue weighted by Gasteiger charge is -2.29. The highest BCUT2D eigenvalue weighted by Gasteiger charge is 2.26. The first kappa shape index (κ1) is 15.2. The summed E-state index contributed by atoms with van der Waals surface area (Å²) in [5.41, 5.74) is 0. The Kier molecular flexibility index (Phi) is 6.02. The molecule has 2 aliphatic rings. The number of thioether (sulfide) groups is 1. The molecule has 2 aliphatic heterocycles. The van der Waals surface area contributed by atoms with Crippen LogP contribution < -0.4 is 5.32 Å². The summed E-state index contributed by atoms with van der Waals surface area (Å²) in [4.78, 5) is 7.12. The highest BCUT2D eigenvalue weighted by molar-refractivity contribution is 8.14. The van der Waals surface area contributed by atoms with E-state index in [0.717, 1.165) is 30.2 Å². The van der Waals surface area contributed by atoms with Gasteiger partial charge in [0.2, 0.25) is 0 Å². The van der Waals surface area contributed by atoms with Crippen molar-refractivity contribution in [1.29, 1.82) is 0 Å². The van der Waals surface area contributed by atoms with Crippen LogP contribution in [-0.4, -0.2) is 48.5 Å². The van der Waals surface area contributed by atoms with Crippen molar-refractivity contribution >= 4 is 16.9 Å². The number of hydrogen-bond donors (Lipinski definition) is 1. The molecule has 3 nitrogen and oxygen atoms in total. The van der Waals surface area contributed by atoms with Crippen LogP contribution >= 0.6 is 11.8 Å². The van der Waals surface area contributed by atoms with Crippen molar-refractivity contribution in [1.82, 2.24) is 10.2 Å². The maximum Gasteiger partial charge on any atom is 0.156 e. The molecule has 1 fully saturated rings.